The quantitative estimate of drug-likeness (QED) is 0.578. The predicted molar refractivity (Wildman–Crippen MR) is 89.3 cm³/mol. The highest BCUT2D eigenvalue weighted by Gasteiger charge is 2.42. The largest absolute Gasteiger partial charge is 0.488 e. The maximum Gasteiger partial charge on any atom is 0.410 e. The van der Waals surface area contributed by atoms with Crippen LogP contribution in [0.4, 0.5) is 4.79 Å². The number of benzene rings is 1. The fourth-order valence-electron chi connectivity index (χ4n) is 2.56. The fourth-order valence-corrected chi connectivity index (χ4v) is 2.74. The summed E-state index contributed by atoms with van der Waals surface area (Å²) in [6.45, 7) is 2.60. The van der Waals surface area contributed by atoms with Crippen molar-refractivity contribution < 1.29 is 23.8 Å². The molecule has 0 N–H and O–H groups in total. The minimum absolute atomic E-state index is 0.261. The number of esters is 1. The van der Waals surface area contributed by atoms with Gasteiger partial charge in [-0.3, -0.25) is 4.90 Å². The number of carbonyl (C=O) groups is 2. The predicted octanol–water partition coefficient (Wildman–Crippen LogP) is 3.27. The van der Waals surface area contributed by atoms with Crippen LogP contribution in [0, 0.1) is 0 Å². The van der Waals surface area contributed by atoms with Crippen molar-refractivity contribution in [2.75, 3.05) is 20.3 Å². The smallest absolute Gasteiger partial charge is 0.410 e. The highest BCUT2D eigenvalue weighted by molar-refractivity contribution is 6.30. The Hall–Kier alpha value is -1.95. The van der Waals surface area contributed by atoms with E-state index < -0.39 is 18.1 Å². The Kier molecular flexibility index (Phi) is 6.73. The molecule has 1 amide bonds. The summed E-state index contributed by atoms with van der Waals surface area (Å²) in [6, 6.07) is 6.30. The highest BCUT2D eigenvalue weighted by atomic mass is 35.5. The lowest BCUT2D eigenvalue weighted by Gasteiger charge is -2.21. The average molecular weight is 356 g/mol. The molecule has 0 spiro atoms. The van der Waals surface area contributed by atoms with Crippen LogP contribution in [-0.2, 0) is 14.3 Å². The Balaban J connectivity index is 2.03. The van der Waals surface area contributed by atoms with Gasteiger partial charge in [-0.2, -0.15) is 0 Å². The highest BCUT2D eigenvalue weighted by Crippen LogP contribution is 2.26. The number of rotatable bonds is 6. The number of nitrogens with zero attached hydrogens (tertiary/aromatic N) is 1. The zero-order valence-corrected chi connectivity index (χ0v) is 14.6. The molecule has 7 heteroatoms. The SMILES string of the molecule is CCCCOC(=O)N1C[C@H](Oc2cccc(Cl)c2)C[C@H]1C(=O)OC. The number of amides is 1. The molecular formula is C17H22ClNO5. The molecule has 6 nitrogen and oxygen atoms in total. The van der Waals surface area contributed by atoms with Crippen molar-refractivity contribution in [3.05, 3.63) is 29.3 Å². The molecule has 0 aliphatic carbocycles. The fraction of sp³-hybridized carbons (Fsp3) is 0.529. The maximum atomic E-state index is 12.2. The van der Waals surface area contributed by atoms with E-state index >= 15 is 0 Å². The van der Waals surface area contributed by atoms with E-state index in [0.29, 0.717) is 23.8 Å². The van der Waals surface area contributed by atoms with Crippen LogP contribution in [0.1, 0.15) is 26.2 Å². The van der Waals surface area contributed by atoms with Crippen LogP contribution < -0.4 is 4.74 Å². The topological polar surface area (TPSA) is 65.1 Å². The van der Waals surface area contributed by atoms with Crippen molar-refractivity contribution in [2.24, 2.45) is 0 Å². The molecule has 24 heavy (non-hydrogen) atoms. The first-order chi connectivity index (χ1) is 11.5. The van der Waals surface area contributed by atoms with Gasteiger partial charge in [0.2, 0.25) is 0 Å². The number of halogens is 1. The van der Waals surface area contributed by atoms with Crippen molar-refractivity contribution in [3.8, 4) is 5.75 Å². The van der Waals surface area contributed by atoms with Crippen LogP contribution in [0.15, 0.2) is 24.3 Å². The van der Waals surface area contributed by atoms with E-state index in [1.165, 1.54) is 12.0 Å². The van der Waals surface area contributed by atoms with E-state index in [-0.39, 0.29) is 12.6 Å². The van der Waals surface area contributed by atoms with E-state index in [0.717, 1.165) is 12.8 Å². The number of hydrogen-bond acceptors (Lipinski definition) is 5. The minimum atomic E-state index is -0.701. The molecule has 0 bridgehead atoms. The Bertz CT molecular complexity index is 580. The van der Waals surface area contributed by atoms with Crippen LogP contribution in [0.3, 0.4) is 0 Å². The lowest BCUT2D eigenvalue weighted by molar-refractivity contribution is -0.145. The molecule has 0 aromatic heterocycles. The molecule has 132 valence electrons. The first kappa shape index (κ1) is 18.4. The summed E-state index contributed by atoms with van der Waals surface area (Å²) >= 11 is 5.94. The van der Waals surface area contributed by atoms with Gasteiger partial charge in [0.25, 0.3) is 0 Å². The molecule has 0 unspecified atom stereocenters. The van der Waals surface area contributed by atoms with Crippen LogP contribution >= 0.6 is 11.6 Å². The summed E-state index contributed by atoms with van der Waals surface area (Å²) in [7, 11) is 1.30. The van der Waals surface area contributed by atoms with Crippen molar-refractivity contribution in [1.82, 2.24) is 4.90 Å². The van der Waals surface area contributed by atoms with E-state index in [2.05, 4.69) is 0 Å². The second-order valence-electron chi connectivity index (χ2n) is 5.59. The van der Waals surface area contributed by atoms with Gasteiger partial charge in [0.1, 0.15) is 17.9 Å². The van der Waals surface area contributed by atoms with E-state index in [4.69, 9.17) is 25.8 Å². The van der Waals surface area contributed by atoms with Gasteiger partial charge in [-0.15, -0.1) is 0 Å². The van der Waals surface area contributed by atoms with Gasteiger partial charge in [-0.25, -0.2) is 9.59 Å². The zero-order chi connectivity index (χ0) is 17.5. The third-order valence-electron chi connectivity index (χ3n) is 3.79. The van der Waals surface area contributed by atoms with Gasteiger partial charge in [0, 0.05) is 11.4 Å². The lowest BCUT2D eigenvalue weighted by atomic mass is 10.2. The van der Waals surface area contributed by atoms with Gasteiger partial charge >= 0.3 is 12.1 Å². The molecule has 1 aromatic rings. The van der Waals surface area contributed by atoms with Crippen molar-refractivity contribution in [2.45, 2.75) is 38.3 Å². The molecule has 0 radical (unpaired) electrons. The number of likely N-dealkylation sites (tertiary alicyclic amines) is 1. The first-order valence-electron chi connectivity index (χ1n) is 7.98. The molecular weight excluding hydrogens is 334 g/mol. The lowest BCUT2D eigenvalue weighted by Crippen LogP contribution is -2.41. The average Bonchev–Trinajstić information content (AvgIpc) is 2.98. The summed E-state index contributed by atoms with van der Waals surface area (Å²) in [4.78, 5) is 25.6. The second kappa shape index (κ2) is 8.78. The van der Waals surface area contributed by atoms with Crippen LogP contribution in [-0.4, -0.2) is 49.4 Å². The standard InChI is InChI=1S/C17H22ClNO5/c1-3-4-8-23-17(21)19-11-14(10-15(19)16(20)22-2)24-13-7-5-6-12(18)9-13/h5-7,9,14-15H,3-4,8,10-11H2,1-2H3/t14-,15+/m1/s1. The van der Waals surface area contributed by atoms with Crippen LogP contribution in [0.5, 0.6) is 5.75 Å². The summed E-state index contributed by atoms with van der Waals surface area (Å²) in [5, 5.41) is 0.561. The minimum Gasteiger partial charge on any atom is -0.488 e. The molecule has 2 atom stereocenters. The van der Waals surface area contributed by atoms with Gasteiger partial charge < -0.3 is 14.2 Å². The van der Waals surface area contributed by atoms with Gasteiger partial charge in [0.15, 0.2) is 0 Å². The van der Waals surface area contributed by atoms with Crippen molar-refractivity contribution in [1.29, 1.82) is 0 Å². The summed E-state index contributed by atoms with van der Waals surface area (Å²) in [5.41, 5.74) is 0. The maximum absolute atomic E-state index is 12.2. The Labute approximate surface area is 146 Å². The van der Waals surface area contributed by atoms with Gasteiger partial charge in [-0.1, -0.05) is 31.0 Å². The van der Waals surface area contributed by atoms with E-state index in [9.17, 15) is 9.59 Å². The number of ether oxygens (including phenoxy) is 3. The van der Waals surface area contributed by atoms with Crippen LogP contribution in [0.2, 0.25) is 5.02 Å². The summed E-state index contributed by atoms with van der Waals surface area (Å²) in [6.07, 6.45) is 1.21. The number of carbonyl (C=O) groups excluding carboxylic acids is 2. The second-order valence-corrected chi connectivity index (χ2v) is 6.03. The molecule has 1 aliphatic rings. The van der Waals surface area contributed by atoms with Crippen LogP contribution in [0.25, 0.3) is 0 Å². The van der Waals surface area contributed by atoms with Crippen molar-refractivity contribution in [3.63, 3.8) is 0 Å². The first-order valence-corrected chi connectivity index (χ1v) is 8.36. The normalized spacial score (nSPS) is 19.9. The monoisotopic (exact) mass is 355 g/mol. The summed E-state index contributed by atoms with van der Waals surface area (Å²) < 4.78 is 15.8. The Morgan fingerprint density at radius 2 is 2.17 bits per heavy atom. The number of hydrogen-bond donors (Lipinski definition) is 0. The zero-order valence-electron chi connectivity index (χ0n) is 13.9. The van der Waals surface area contributed by atoms with Gasteiger partial charge in [-0.05, 0) is 24.6 Å². The molecule has 1 aromatic carbocycles. The number of methoxy groups -OCH3 is 1. The van der Waals surface area contributed by atoms with E-state index in [1.54, 1.807) is 24.3 Å². The Morgan fingerprint density at radius 3 is 2.83 bits per heavy atom. The molecule has 2 rings (SSSR count). The molecule has 1 aliphatic heterocycles. The van der Waals surface area contributed by atoms with Gasteiger partial charge in [0.05, 0.1) is 20.3 Å². The molecule has 1 heterocycles. The van der Waals surface area contributed by atoms with Crippen molar-refractivity contribution >= 4 is 23.7 Å². The molecule has 0 saturated carbocycles. The Morgan fingerprint density at radius 1 is 1.38 bits per heavy atom. The molecule has 1 saturated heterocycles. The third-order valence-corrected chi connectivity index (χ3v) is 4.03. The summed E-state index contributed by atoms with van der Waals surface area (Å²) in [5.74, 6) is 0.122. The van der Waals surface area contributed by atoms with E-state index in [1.807, 2.05) is 6.92 Å². The molecule has 1 fully saturated rings. The number of unbranched alkanes of at least 4 members (excludes halogenated alkanes) is 1. The third kappa shape index (κ3) is 4.77.